The molecule has 0 spiro atoms. The van der Waals surface area contributed by atoms with E-state index in [2.05, 4.69) is 5.10 Å². The van der Waals surface area contributed by atoms with Crippen LogP contribution in [0.5, 0.6) is 0 Å². The van der Waals surface area contributed by atoms with Crippen molar-refractivity contribution in [2.24, 2.45) is 13.0 Å². The molecule has 25 heavy (non-hydrogen) atoms. The van der Waals surface area contributed by atoms with E-state index in [1.807, 2.05) is 35.4 Å². The summed E-state index contributed by atoms with van der Waals surface area (Å²) in [6.07, 6.45) is 1.92. The second-order valence-electron chi connectivity index (χ2n) is 7.15. The Bertz CT molecular complexity index is 647. The number of hydrogen-bond acceptors (Lipinski definition) is 4. The van der Waals surface area contributed by atoms with Crippen LogP contribution in [0.25, 0.3) is 0 Å². The van der Waals surface area contributed by atoms with Crippen LogP contribution in [0.3, 0.4) is 0 Å². The quantitative estimate of drug-likeness (QED) is 0.805. The minimum absolute atomic E-state index is 0.00423. The van der Waals surface area contributed by atoms with Gasteiger partial charge in [0.2, 0.25) is 11.8 Å². The van der Waals surface area contributed by atoms with Crippen LogP contribution < -0.4 is 0 Å². The summed E-state index contributed by atoms with van der Waals surface area (Å²) in [6, 6.07) is 0. The lowest BCUT2D eigenvalue weighted by atomic mass is 10.0. The van der Waals surface area contributed by atoms with Gasteiger partial charge in [0.1, 0.15) is 0 Å². The molecule has 138 valence electrons. The van der Waals surface area contributed by atoms with Crippen LogP contribution in [0.4, 0.5) is 0 Å². The molecule has 0 bridgehead atoms. The van der Waals surface area contributed by atoms with Crippen molar-refractivity contribution in [2.75, 3.05) is 32.8 Å². The molecule has 0 radical (unpaired) electrons. The molecule has 7 heteroatoms. The predicted molar refractivity (Wildman–Crippen MR) is 92.9 cm³/mol. The van der Waals surface area contributed by atoms with Gasteiger partial charge in [0.15, 0.2) is 0 Å². The van der Waals surface area contributed by atoms with Gasteiger partial charge in [-0.25, -0.2) is 0 Å². The molecule has 0 atom stereocenters. The predicted octanol–water partition coefficient (Wildman–Crippen LogP) is 0.752. The number of fused-ring (bicyclic) bond motifs is 1. The van der Waals surface area contributed by atoms with E-state index >= 15 is 0 Å². The minimum Gasteiger partial charge on any atom is -0.378 e. The zero-order chi connectivity index (χ0) is 18.0. The van der Waals surface area contributed by atoms with Crippen LogP contribution in [0.15, 0.2) is 0 Å². The fourth-order valence-corrected chi connectivity index (χ4v) is 3.62. The first-order valence-electron chi connectivity index (χ1n) is 9.15. The number of morpholine rings is 1. The van der Waals surface area contributed by atoms with Crippen LogP contribution >= 0.6 is 0 Å². The SMILES string of the molecule is CC(C)C(=O)N1CCc2c(c(CCC(=O)N3CCOCC3)nn2C)C1. The van der Waals surface area contributed by atoms with E-state index in [9.17, 15) is 9.59 Å². The average molecular weight is 348 g/mol. The van der Waals surface area contributed by atoms with Gasteiger partial charge in [-0.3, -0.25) is 14.3 Å². The zero-order valence-electron chi connectivity index (χ0n) is 15.5. The van der Waals surface area contributed by atoms with Gasteiger partial charge in [0.05, 0.1) is 18.9 Å². The number of aromatic nitrogens is 2. The van der Waals surface area contributed by atoms with Crippen molar-refractivity contribution in [3.63, 3.8) is 0 Å². The molecule has 1 aromatic heterocycles. The molecule has 0 saturated carbocycles. The molecule has 0 aliphatic carbocycles. The highest BCUT2D eigenvalue weighted by molar-refractivity contribution is 5.78. The van der Waals surface area contributed by atoms with Gasteiger partial charge in [0.25, 0.3) is 0 Å². The first-order chi connectivity index (χ1) is 12.0. The second-order valence-corrected chi connectivity index (χ2v) is 7.15. The molecule has 1 fully saturated rings. The van der Waals surface area contributed by atoms with Gasteiger partial charge in [0, 0.05) is 69.7 Å². The highest BCUT2D eigenvalue weighted by Gasteiger charge is 2.28. The maximum atomic E-state index is 12.4. The summed E-state index contributed by atoms with van der Waals surface area (Å²) in [6.45, 7) is 7.82. The van der Waals surface area contributed by atoms with E-state index in [1.54, 1.807) is 0 Å². The summed E-state index contributed by atoms with van der Waals surface area (Å²) >= 11 is 0. The Hall–Kier alpha value is -1.89. The molecule has 2 aliphatic rings. The highest BCUT2D eigenvalue weighted by Crippen LogP contribution is 2.24. The molecule has 1 saturated heterocycles. The molecule has 0 aromatic carbocycles. The van der Waals surface area contributed by atoms with Gasteiger partial charge in [-0.05, 0) is 0 Å². The van der Waals surface area contributed by atoms with E-state index in [0.717, 1.165) is 24.2 Å². The summed E-state index contributed by atoms with van der Waals surface area (Å²) in [5.74, 6) is 0.350. The van der Waals surface area contributed by atoms with Gasteiger partial charge >= 0.3 is 0 Å². The summed E-state index contributed by atoms with van der Waals surface area (Å²) in [7, 11) is 1.95. The number of hydrogen-bond donors (Lipinski definition) is 0. The van der Waals surface area contributed by atoms with Crippen molar-refractivity contribution in [2.45, 2.75) is 39.7 Å². The van der Waals surface area contributed by atoms with Gasteiger partial charge in [-0.2, -0.15) is 5.10 Å². The molecule has 7 nitrogen and oxygen atoms in total. The Morgan fingerprint density at radius 1 is 1.16 bits per heavy atom. The maximum absolute atomic E-state index is 12.4. The molecular formula is C18H28N4O3. The number of aryl methyl sites for hydroxylation is 2. The maximum Gasteiger partial charge on any atom is 0.225 e. The summed E-state index contributed by atoms with van der Waals surface area (Å²) in [4.78, 5) is 28.5. The smallest absolute Gasteiger partial charge is 0.225 e. The Kier molecular flexibility index (Phi) is 5.42. The lowest BCUT2D eigenvalue weighted by molar-refractivity contribution is -0.136. The first kappa shape index (κ1) is 17.9. The number of amides is 2. The van der Waals surface area contributed by atoms with Crippen LogP contribution in [-0.2, 0) is 40.8 Å². The van der Waals surface area contributed by atoms with Gasteiger partial charge in [-0.15, -0.1) is 0 Å². The standard InChI is InChI=1S/C18H28N4O3/c1-13(2)18(24)22-7-6-16-14(12-22)15(19-20(16)3)4-5-17(23)21-8-10-25-11-9-21/h13H,4-12H2,1-3H3. The minimum atomic E-state index is 0.00423. The molecule has 3 heterocycles. The van der Waals surface area contributed by atoms with E-state index in [-0.39, 0.29) is 17.7 Å². The summed E-state index contributed by atoms with van der Waals surface area (Å²) in [5, 5.41) is 4.63. The summed E-state index contributed by atoms with van der Waals surface area (Å²) < 4.78 is 7.21. The second kappa shape index (κ2) is 7.56. The third-order valence-corrected chi connectivity index (χ3v) is 5.07. The highest BCUT2D eigenvalue weighted by atomic mass is 16.5. The van der Waals surface area contributed by atoms with Crippen molar-refractivity contribution < 1.29 is 14.3 Å². The monoisotopic (exact) mass is 348 g/mol. The number of rotatable bonds is 4. The van der Waals surface area contributed by atoms with E-state index in [1.165, 1.54) is 5.69 Å². The zero-order valence-corrected chi connectivity index (χ0v) is 15.5. The van der Waals surface area contributed by atoms with Gasteiger partial charge in [-0.1, -0.05) is 13.8 Å². The first-order valence-corrected chi connectivity index (χ1v) is 9.15. The Morgan fingerprint density at radius 3 is 2.56 bits per heavy atom. The van der Waals surface area contributed by atoms with Gasteiger partial charge < -0.3 is 14.5 Å². The van der Waals surface area contributed by atoms with Crippen LogP contribution in [0.2, 0.25) is 0 Å². The molecule has 1 aromatic rings. The van der Waals surface area contributed by atoms with E-state index in [4.69, 9.17) is 4.74 Å². The summed E-state index contributed by atoms with van der Waals surface area (Å²) in [5.41, 5.74) is 3.29. The molecule has 2 amide bonds. The third kappa shape index (κ3) is 3.86. The van der Waals surface area contributed by atoms with Crippen molar-refractivity contribution in [1.82, 2.24) is 19.6 Å². The number of nitrogens with zero attached hydrogens (tertiary/aromatic N) is 4. The van der Waals surface area contributed by atoms with E-state index in [0.29, 0.717) is 45.7 Å². The van der Waals surface area contributed by atoms with Crippen LogP contribution in [-0.4, -0.2) is 64.2 Å². The number of carbonyl (C=O) groups excluding carboxylic acids is 2. The number of carbonyl (C=O) groups is 2. The lowest BCUT2D eigenvalue weighted by Crippen LogP contribution is -2.41. The number of ether oxygens (including phenoxy) is 1. The molecule has 3 rings (SSSR count). The van der Waals surface area contributed by atoms with E-state index < -0.39 is 0 Å². The van der Waals surface area contributed by atoms with Crippen molar-refractivity contribution in [1.29, 1.82) is 0 Å². The van der Waals surface area contributed by atoms with Crippen LogP contribution in [0.1, 0.15) is 37.2 Å². The Morgan fingerprint density at radius 2 is 1.88 bits per heavy atom. The fraction of sp³-hybridized carbons (Fsp3) is 0.722. The van der Waals surface area contributed by atoms with Crippen molar-refractivity contribution >= 4 is 11.8 Å². The molecule has 0 N–H and O–H groups in total. The molecule has 2 aliphatic heterocycles. The van der Waals surface area contributed by atoms with Crippen molar-refractivity contribution in [3.05, 3.63) is 17.0 Å². The third-order valence-electron chi connectivity index (χ3n) is 5.07. The largest absolute Gasteiger partial charge is 0.378 e. The molecule has 0 unspecified atom stereocenters. The molecular weight excluding hydrogens is 320 g/mol. The average Bonchev–Trinajstić information content (AvgIpc) is 2.95. The van der Waals surface area contributed by atoms with Crippen molar-refractivity contribution in [3.8, 4) is 0 Å². The lowest BCUT2D eigenvalue weighted by Gasteiger charge is -2.29. The topological polar surface area (TPSA) is 67.7 Å². The Labute approximate surface area is 148 Å². The fourth-order valence-electron chi connectivity index (χ4n) is 3.62. The normalized spacial score (nSPS) is 17.8. The Balaban J connectivity index is 1.67. The van der Waals surface area contributed by atoms with Crippen LogP contribution in [0, 0.1) is 5.92 Å².